The molecule has 0 saturated carbocycles. The molecular weight excluding hydrogens is 220 g/mol. The molecular formula is C13H14O4. The molecule has 0 bridgehead atoms. The van der Waals surface area contributed by atoms with E-state index in [0.29, 0.717) is 0 Å². The maximum Gasteiger partial charge on any atom is 0.371 e. The number of methoxy groups -OCH3 is 2. The van der Waals surface area contributed by atoms with E-state index >= 15 is 0 Å². The summed E-state index contributed by atoms with van der Waals surface area (Å²) in [5.74, 6) is -0.486. The van der Waals surface area contributed by atoms with Gasteiger partial charge in [-0.15, -0.1) is 0 Å². The van der Waals surface area contributed by atoms with Crippen molar-refractivity contribution < 1.29 is 19.4 Å². The Balaban J connectivity index is 2.87. The van der Waals surface area contributed by atoms with Crippen LogP contribution < -0.4 is 4.74 Å². The summed E-state index contributed by atoms with van der Waals surface area (Å²) in [6.45, 7) is 0. The zero-order valence-electron chi connectivity index (χ0n) is 9.71. The average Bonchev–Trinajstić information content (AvgIpc) is 2.34. The van der Waals surface area contributed by atoms with Crippen LogP contribution in [0.5, 0.6) is 5.75 Å². The molecule has 4 nitrogen and oxygen atoms in total. The normalized spacial score (nSPS) is 11.5. The Morgan fingerprint density at radius 1 is 1.29 bits per heavy atom. The highest BCUT2D eigenvalue weighted by Gasteiger charge is 2.03. The largest absolute Gasteiger partial charge is 0.496 e. The molecule has 0 unspecified atom stereocenters. The van der Waals surface area contributed by atoms with Crippen molar-refractivity contribution in [2.45, 2.75) is 0 Å². The van der Waals surface area contributed by atoms with Crippen LogP contribution in [-0.4, -0.2) is 25.3 Å². The van der Waals surface area contributed by atoms with Gasteiger partial charge in [-0.25, -0.2) is 4.79 Å². The van der Waals surface area contributed by atoms with E-state index < -0.39 is 5.97 Å². The predicted octanol–water partition coefficient (Wildman–Crippen LogP) is 2.32. The number of carbonyl (C=O) groups is 1. The second-order valence-corrected chi connectivity index (χ2v) is 3.14. The third kappa shape index (κ3) is 3.68. The van der Waals surface area contributed by atoms with Gasteiger partial charge in [-0.2, -0.15) is 0 Å². The van der Waals surface area contributed by atoms with Crippen molar-refractivity contribution in [3.63, 3.8) is 0 Å². The van der Waals surface area contributed by atoms with E-state index in [-0.39, 0.29) is 5.76 Å². The number of aliphatic carboxylic acids is 1. The Labute approximate surface area is 99.8 Å². The first kappa shape index (κ1) is 12.8. The highest BCUT2D eigenvalue weighted by molar-refractivity contribution is 5.84. The minimum atomic E-state index is -1.10. The zero-order valence-corrected chi connectivity index (χ0v) is 9.71. The lowest BCUT2D eigenvalue weighted by Crippen LogP contribution is -2.01. The number of allylic oxidation sites excluding steroid dienone is 2. The average molecular weight is 234 g/mol. The molecule has 0 aliphatic heterocycles. The van der Waals surface area contributed by atoms with Gasteiger partial charge in [-0.1, -0.05) is 30.4 Å². The Hall–Kier alpha value is -2.23. The molecule has 0 amide bonds. The van der Waals surface area contributed by atoms with Crippen LogP contribution in [0.4, 0.5) is 0 Å². The van der Waals surface area contributed by atoms with Gasteiger partial charge in [0.05, 0.1) is 14.2 Å². The first-order valence-corrected chi connectivity index (χ1v) is 4.97. The first-order chi connectivity index (χ1) is 8.19. The molecule has 0 radical (unpaired) electrons. The van der Waals surface area contributed by atoms with Crippen molar-refractivity contribution >= 4 is 12.0 Å². The Kier molecular flexibility index (Phi) is 4.81. The maximum absolute atomic E-state index is 10.6. The molecule has 0 aliphatic rings. The number of carboxylic acid groups (broad SMARTS) is 1. The van der Waals surface area contributed by atoms with Crippen molar-refractivity contribution in [1.82, 2.24) is 0 Å². The second kappa shape index (κ2) is 6.37. The minimum Gasteiger partial charge on any atom is -0.496 e. The minimum absolute atomic E-state index is 0.115. The van der Waals surface area contributed by atoms with Gasteiger partial charge in [0.1, 0.15) is 5.75 Å². The van der Waals surface area contributed by atoms with Crippen LogP contribution in [0.3, 0.4) is 0 Å². The Morgan fingerprint density at radius 3 is 2.59 bits per heavy atom. The van der Waals surface area contributed by atoms with E-state index in [1.54, 1.807) is 19.3 Å². The summed E-state index contributed by atoms with van der Waals surface area (Å²) in [6.07, 6.45) is 4.74. The van der Waals surface area contributed by atoms with Gasteiger partial charge < -0.3 is 14.6 Å². The zero-order chi connectivity index (χ0) is 12.7. The molecule has 0 spiro atoms. The summed E-state index contributed by atoms with van der Waals surface area (Å²) < 4.78 is 9.84. The summed E-state index contributed by atoms with van der Waals surface area (Å²) in [6, 6.07) is 7.44. The summed E-state index contributed by atoms with van der Waals surface area (Å²) in [7, 11) is 2.90. The van der Waals surface area contributed by atoms with Crippen molar-refractivity contribution in [3.05, 3.63) is 47.7 Å². The van der Waals surface area contributed by atoms with Gasteiger partial charge >= 0.3 is 5.97 Å². The van der Waals surface area contributed by atoms with Crippen LogP contribution >= 0.6 is 0 Å². The molecule has 1 aromatic rings. The quantitative estimate of drug-likeness (QED) is 0.482. The van der Waals surface area contributed by atoms with E-state index in [9.17, 15) is 4.79 Å². The molecule has 1 N–H and O–H groups in total. The Morgan fingerprint density at radius 2 is 2.00 bits per heavy atom. The molecule has 1 aromatic carbocycles. The number of rotatable bonds is 5. The van der Waals surface area contributed by atoms with Gasteiger partial charge in [0, 0.05) is 5.56 Å². The number of benzene rings is 1. The van der Waals surface area contributed by atoms with Crippen molar-refractivity contribution in [2.75, 3.05) is 14.2 Å². The van der Waals surface area contributed by atoms with Crippen molar-refractivity contribution in [2.24, 2.45) is 0 Å². The maximum atomic E-state index is 10.6. The fourth-order valence-corrected chi connectivity index (χ4v) is 1.27. The van der Waals surface area contributed by atoms with Crippen LogP contribution in [0, 0.1) is 0 Å². The van der Waals surface area contributed by atoms with E-state index in [0.717, 1.165) is 11.3 Å². The summed E-state index contributed by atoms with van der Waals surface area (Å²) in [5, 5.41) is 8.72. The molecule has 0 fully saturated rings. The van der Waals surface area contributed by atoms with Crippen molar-refractivity contribution in [3.8, 4) is 5.75 Å². The molecule has 4 heteroatoms. The second-order valence-electron chi connectivity index (χ2n) is 3.14. The molecule has 0 heterocycles. The monoisotopic (exact) mass is 234 g/mol. The van der Waals surface area contributed by atoms with Crippen molar-refractivity contribution in [1.29, 1.82) is 0 Å². The standard InChI is InChI=1S/C13H14O4/c1-16-11-8-4-3-6-10(11)7-5-9-12(17-2)13(14)15/h3-9H,1-2H3,(H,14,15). The van der Waals surface area contributed by atoms with Gasteiger partial charge in [-0.05, 0) is 12.1 Å². The summed E-state index contributed by atoms with van der Waals surface area (Å²) >= 11 is 0. The van der Waals surface area contributed by atoms with Crippen LogP contribution in [0.15, 0.2) is 42.2 Å². The highest BCUT2D eigenvalue weighted by atomic mass is 16.5. The van der Waals surface area contributed by atoms with Crippen LogP contribution in [0.2, 0.25) is 0 Å². The molecule has 17 heavy (non-hydrogen) atoms. The summed E-state index contributed by atoms with van der Waals surface area (Å²) in [5.41, 5.74) is 0.868. The Bertz CT molecular complexity index is 446. The molecule has 1 rings (SSSR count). The van der Waals surface area contributed by atoms with E-state index in [2.05, 4.69) is 4.74 Å². The van der Waals surface area contributed by atoms with Gasteiger partial charge in [0.2, 0.25) is 5.76 Å². The van der Waals surface area contributed by atoms with Crippen LogP contribution in [-0.2, 0) is 9.53 Å². The predicted molar refractivity (Wildman–Crippen MR) is 64.8 cm³/mol. The third-order valence-corrected chi connectivity index (χ3v) is 2.09. The number of carboxylic acids is 1. The van der Waals surface area contributed by atoms with E-state index in [4.69, 9.17) is 9.84 Å². The van der Waals surface area contributed by atoms with E-state index in [1.807, 2.05) is 24.3 Å². The van der Waals surface area contributed by atoms with Crippen LogP contribution in [0.1, 0.15) is 5.56 Å². The third-order valence-electron chi connectivity index (χ3n) is 2.09. The first-order valence-electron chi connectivity index (χ1n) is 4.97. The molecule has 0 atom stereocenters. The summed E-state index contributed by atoms with van der Waals surface area (Å²) in [4.78, 5) is 10.6. The topological polar surface area (TPSA) is 55.8 Å². The highest BCUT2D eigenvalue weighted by Crippen LogP contribution is 2.18. The number of para-hydroxylation sites is 1. The number of ether oxygens (including phenoxy) is 2. The fourth-order valence-electron chi connectivity index (χ4n) is 1.27. The van der Waals surface area contributed by atoms with Gasteiger partial charge in [0.25, 0.3) is 0 Å². The SMILES string of the molecule is COC(=CC=Cc1ccccc1OC)C(=O)O. The molecule has 90 valence electrons. The number of hydrogen-bond acceptors (Lipinski definition) is 3. The number of hydrogen-bond donors (Lipinski definition) is 1. The molecule has 0 aliphatic carbocycles. The lowest BCUT2D eigenvalue weighted by molar-refractivity contribution is -0.136. The molecule has 0 saturated heterocycles. The lowest BCUT2D eigenvalue weighted by Gasteiger charge is -2.02. The lowest BCUT2D eigenvalue weighted by atomic mass is 10.2. The fraction of sp³-hybridized carbons (Fsp3) is 0.154. The van der Waals surface area contributed by atoms with E-state index in [1.165, 1.54) is 13.2 Å². The smallest absolute Gasteiger partial charge is 0.371 e. The molecule has 0 aromatic heterocycles. The van der Waals surface area contributed by atoms with Gasteiger partial charge in [-0.3, -0.25) is 0 Å². The van der Waals surface area contributed by atoms with Gasteiger partial charge in [0.15, 0.2) is 0 Å². The van der Waals surface area contributed by atoms with Crippen LogP contribution in [0.25, 0.3) is 6.08 Å².